The molecule has 78 valence electrons. The number of hydrogen-bond donors (Lipinski definition) is 1. The molecule has 1 aliphatic carbocycles. The highest BCUT2D eigenvalue weighted by molar-refractivity contribution is 4.79. The third kappa shape index (κ3) is 3.65. The van der Waals surface area contributed by atoms with Crippen LogP contribution in [0.5, 0.6) is 0 Å². The Morgan fingerprint density at radius 2 is 2.23 bits per heavy atom. The van der Waals surface area contributed by atoms with Gasteiger partial charge in [-0.1, -0.05) is 19.8 Å². The van der Waals surface area contributed by atoms with Crippen LogP contribution in [0.4, 0.5) is 0 Å². The van der Waals surface area contributed by atoms with Crippen LogP contribution in [0.15, 0.2) is 0 Å². The van der Waals surface area contributed by atoms with E-state index in [0.717, 1.165) is 19.0 Å². The van der Waals surface area contributed by atoms with Gasteiger partial charge in [-0.2, -0.15) is 0 Å². The van der Waals surface area contributed by atoms with Crippen molar-refractivity contribution in [1.29, 1.82) is 0 Å². The van der Waals surface area contributed by atoms with Crippen LogP contribution in [0.2, 0.25) is 0 Å². The van der Waals surface area contributed by atoms with Crippen LogP contribution in [0.25, 0.3) is 0 Å². The second-order valence-electron chi connectivity index (χ2n) is 4.02. The molecule has 0 aromatic rings. The first-order valence-electron chi connectivity index (χ1n) is 5.62. The lowest BCUT2D eigenvalue weighted by molar-refractivity contribution is 0.0201. The summed E-state index contributed by atoms with van der Waals surface area (Å²) in [6, 6.07) is 0. The minimum Gasteiger partial charge on any atom is -0.380 e. The Balaban J connectivity index is 2.02. The van der Waals surface area contributed by atoms with Crippen molar-refractivity contribution in [3.8, 4) is 0 Å². The molecule has 1 atom stereocenters. The van der Waals surface area contributed by atoms with Crippen molar-refractivity contribution in [2.45, 2.75) is 45.1 Å². The van der Waals surface area contributed by atoms with E-state index >= 15 is 0 Å². The van der Waals surface area contributed by atoms with Crippen LogP contribution in [0.3, 0.4) is 0 Å². The zero-order chi connectivity index (χ0) is 9.52. The summed E-state index contributed by atoms with van der Waals surface area (Å²) in [6.07, 6.45) is 7.15. The van der Waals surface area contributed by atoms with Gasteiger partial charge in [-0.15, -0.1) is 0 Å². The van der Waals surface area contributed by atoms with Crippen molar-refractivity contribution in [1.82, 2.24) is 5.32 Å². The van der Waals surface area contributed by atoms with Gasteiger partial charge in [0.15, 0.2) is 0 Å². The standard InChI is InChI=1S/C11H23NO/c1-3-4-8-12-9-11(13-2)10-6-5-7-10/h10-12H,3-9H2,1-2H3. The van der Waals surface area contributed by atoms with Gasteiger partial charge < -0.3 is 10.1 Å². The van der Waals surface area contributed by atoms with Crippen molar-refractivity contribution in [3.63, 3.8) is 0 Å². The molecule has 1 rings (SSSR count). The quantitative estimate of drug-likeness (QED) is 0.614. The van der Waals surface area contributed by atoms with Gasteiger partial charge in [0.2, 0.25) is 0 Å². The van der Waals surface area contributed by atoms with Crippen LogP contribution in [-0.2, 0) is 4.74 Å². The maximum absolute atomic E-state index is 5.47. The summed E-state index contributed by atoms with van der Waals surface area (Å²) in [5.41, 5.74) is 0. The van der Waals surface area contributed by atoms with E-state index in [9.17, 15) is 0 Å². The van der Waals surface area contributed by atoms with Gasteiger partial charge in [-0.25, -0.2) is 0 Å². The summed E-state index contributed by atoms with van der Waals surface area (Å²) in [6.45, 7) is 4.41. The van der Waals surface area contributed by atoms with Crippen molar-refractivity contribution in [2.24, 2.45) is 5.92 Å². The van der Waals surface area contributed by atoms with E-state index in [2.05, 4.69) is 12.2 Å². The number of hydrogen-bond acceptors (Lipinski definition) is 2. The molecular formula is C11H23NO. The van der Waals surface area contributed by atoms with Crippen molar-refractivity contribution in [2.75, 3.05) is 20.2 Å². The first-order valence-corrected chi connectivity index (χ1v) is 5.62. The van der Waals surface area contributed by atoms with Crippen LogP contribution in [-0.4, -0.2) is 26.3 Å². The molecule has 1 N–H and O–H groups in total. The number of unbranched alkanes of at least 4 members (excludes halogenated alkanes) is 1. The van der Waals surface area contributed by atoms with Gasteiger partial charge in [0, 0.05) is 13.7 Å². The van der Waals surface area contributed by atoms with Gasteiger partial charge >= 0.3 is 0 Å². The predicted octanol–water partition coefficient (Wildman–Crippen LogP) is 2.19. The zero-order valence-electron chi connectivity index (χ0n) is 9.01. The second-order valence-corrected chi connectivity index (χ2v) is 4.02. The average molecular weight is 185 g/mol. The third-order valence-corrected chi connectivity index (χ3v) is 3.03. The van der Waals surface area contributed by atoms with E-state index in [4.69, 9.17) is 4.74 Å². The number of nitrogens with one attached hydrogen (secondary N) is 1. The van der Waals surface area contributed by atoms with E-state index in [1.165, 1.54) is 32.1 Å². The molecule has 0 heterocycles. The summed E-state index contributed by atoms with van der Waals surface area (Å²) in [7, 11) is 1.84. The largest absolute Gasteiger partial charge is 0.380 e. The third-order valence-electron chi connectivity index (χ3n) is 3.03. The maximum Gasteiger partial charge on any atom is 0.0723 e. The summed E-state index contributed by atoms with van der Waals surface area (Å²) in [4.78, 5) is 0. The molecule has 0 saturated heterocycles. The van der Waals surface area contributed by atoms with Gasteiger partial charge in [-0.3, -0.25) is 0 Å². The van der Waals surface area contributed by atoms with Crippen molar-refractivity contribution < 1.29 is 4.74 Å². The highest BCUT2D eigenvalue weighted by Crippen LogP contribution is 2.30. The molecular weight excluding hydrogens is 162 g/mol. The van der Waals surface area contributed by atoms with Gasteiger partial charge in [0.25, 0.3) is 0 Å². The van der Waals surface area contributed by atoms with Crippen molar-refractivity contribution in [3.05, 3.63) is 0 Å². The Hall–Kier alpha value is -0.0800. The predicted molar refractivity (Wildman–Crippen MR) is 55.9 cm³/mol. The lowest BCUT2D eigenvalue weighted by Gasteiger charge is -2.32. The van der Waals surface area contributed by atoms with Crippen LogP contribution >= 0.6 is 0 Å². The fraction of sp³-hybridized carbons (Fsp3) is 1.00. The van der Waals surface area contributed by atoms with E-state index in [-0.39, 0.29) is 0 Å². The van der Waals surface area contributed by atoms with E-state index in [1.807, 2.05) is 7.11 Å². The number of ether oxygens (including phenoxy) is 1. The zero-order valence-corrected chi connectivity index (χ0v) is 9.01. The first-order chi connectivity index (χ1) is 6.38. The molecule has 1 unspecified atom stereocenters. The molecule has 1 saturated carbocycles. The number of rotatable bonds is 7. The fourth-order valence-corrected chi connectivity index (χ4v) is 1.80. The molecule has 2 heteroatoms. The lowest BCUT2D eigenvalue weighted by Crippen LogP contribution is -2.37. The van der Waals surface area contributed by atoms with Gasteiger partial charge in [0.1, 0.15) is 0 Å². The molecule has 0 amide bonds. The molecule has 0 radical (unpaired) electrons. The molecule has 2 nitrogen and oxygen atoms in total. The normalized spacial score (nSPS) is 19.8. The topological polar surface area (TPSA) is 21.3 Å². The fourth-order valence-electron chi connectivity index (χ4n) is 1.80. The Morgan fingerprint density at radius 3 is 2.69 bits per heavy atom. The number of methoxy groups -OCH3 is 1. The van der Waals surface area contributed by atoms with E-state index in [1.54, 1.807) is 0 Å². The maximum atomic E-state index is 5.47. The molecule has 0 aromatic heterocycles. The Labute approximate surface area is 82.0 Å². The Morgan fingerprint density at radius 1 is 1.46 bits per heavy atom. The average Bonchev–Trinajstić information content (AvgIpc) is 2.07. The highest BCUT2D eigenvalue weighted by atomic mass is 16.5. The summed E-state index contributed by atoms with van der Waals surface area (Å²) in [5.74, 6) is 0.833. The lowest BCUT2D eigenvalue weighted by atomic mass is 9.81. The van der Waals surface area contributed by atoms with Gasteiger partial charge in [-0.05, 0) is 31.7 Å². The molecule has 0 aliphatic heterocycles. The molecule has 0 bridgehead atoms. The molecule has 13 heavy (non-hydrogen) atoms. The SMILES string of the molecule is CCCCNCC(OC)C1CCC1. The minimum atomic E-state index is 0.464. The van der Waals surface area contributed by atoms with Crippen LogP contribution < -0.4 is 5.32 Å². The van der Waals surface area contributed by atoms with E-state index in [0.29, 0.717) is 6.10 Å². The monoisotopic (exact) mass is 185 g/mol. The van der Waals surface area contributed by atoms with Gasteiger partial charge in [0.05, 0.1) is 6.10 Å². The smallest absolute Gasteiger partial charge is 0.0723 e. The van der Waals surface area contributed by atoms with E-state index < -0.39 is 0 Å². The Bertz CT molecular complexity index is 123. The Kier molecular flexibility index (Phi) is 5.40. The molecule has 0 spiro atoms. The first kappa shape index (κ1) is 11.0. The van der Waals surface area contributed by atoms with Crippen molar-refractivity contribution >= 4 is 0 Å². The summed E-state index contributed by atoms with van der Waals surface area (Å²) in [5, 5.41) is 3.46. The second kappa shape index (κ2) is 6.39. The molecule has 1 aliphatic rings. The van der Waals surface area contributed by atoms with Crippen LogP contribution in [0.1, 0.15) is 39.0 Å². The minimum absolute atomic E-state index is 0.464. The highest BCUT2D eigenvalue weighted by Gasteiger charge is 2.26. The van der Waals surface area contributed by atoms with Crippen LogP contribution in [0, 0.1) is 5.92 Å². The molecule has 1 fully saturated rings. The summed E-state index contributed by atoms with van der Waals surface area (Å²) < 4.78 is 5.47. The molecule has 0 aromatic carbocycles. The summed E-state index contributed by atoms with van der Waals surface area (Å²) >= 11 is 0.